The van der Waals surface area contributed by atoms with Gasteiger partial charge in [0.2, 0.25) is 17.7 Å². The average Bonchev–Trinajstić information content (AvgIpc) is 3.46. The van der Waals surface area contributed by atoms with Gasteiger partial charge in [-0.25, -0.2) is 0 Å². The Hall–Kier alpha value is -3.40. The minimum absolute atomic E-state index is 0.116. The Labute approximate surface area is 276 Å². The van der Waals surface area contributed by atoms with Crippen LogP contribution in [0.4, 0.5) is 5.69 Å². The largest absolute Gasteiger partial charge is 0.381 e. The molecule has 6 rings (SSSR count). The predicted octanol–water partition coefficient (Wildman–Crippen LogP) is 4.67. The monoisotopic (exact) mass is 647 g/mol. The van der Waals surface area contributed by atoms with E-state index in [4.69, 9.17) is 16.3 Å². The molecule has 2 fully saturated rings. The van der Waals surface area contributed by atoms with Crippen LogP contribution >= 0.6 is 11.6 Å². The number of anilines is 1. The molecule has 0 unspecified atom stereocenters. The number of H-pyrrole nitrogens is 1. The second kappa shape index (κ2) is 14.6. The number of aromatic amines is 1. The number of halogens is 1. The lowest BCUT2D eigenvalue weighted by molar-refractivity contribution is -0.137. The lowest BCUT2D eigenvalue weighted by Crippen LogP contribution is -2.54. The van der Waals surface area contributed by atoms with E-state index in [0.717, 1.165) is 66.7 Å². The number of amides is 3. The van der Waals surface area contributed by atoms with Gasteiger partial charge in [0.05, 0.1) is 0 Å². The van der Waals surface area contributed by atoms with E-state index in [1.807, 2.05) is 72.6 Å². The summed E-state index contributed by atoms with van der Waals surface area (Å²) in [5.41, 5.74) is 3.89. The first-order valence-corrected chi connectivity index (χ1v) is 17.1. The first-order valence-electron chi connectivity index (χ1n) is 16.7. The Bertz CT molecular complexity index is 1540. The zero-order valence-electron chi connectivity index (χ0n) is 27.0. The molecular weight excluding hydrogens is 602 g/mol. The van der Waals surface area contributed by atoms with Gasteiger partial charge in [-0.1, -0.05) is 29.8 Å². The molecule has 0 aliphatic carbocycles. The van der Waals surface area contributed by atoms with Crippen LogP contribution in [0.1, 0.15) is 43.2 Å². The smallest absolute Gasteiger partial charge is 0.249 e. The number of aromatic nitrogens is 1. The summed E-state index contributed by atoms with van der Waals surface area (Å²) in [6, 6.07) is 13.0. The number of benzene rings is 2. The molecule has 1 aromatic heterocycles. The van der Waals surface area contributed by atoms with Crippen molar-refractivity contribution in [3.63, 3.8) is 0 Å². The van der Waals surface area contributed by atoms with E-state index in [1.165, 1.54) is 0 Å². The number of nitrogens with zero attached hydrogens (tertiary/aromatic N) is 3. The maximum Gasteiger partial charge on any atom is 0.249 e. The quantitative estimate of drug-likeness (QED) is 0.352. The first kappa shape index (κ1) is 32.5. The molecule has 2 saturated heterocycles. The summed E-state index contributed by atoms with van der Waals surface area (Å²) in [6.45, 7) is 3.99. The van der Waals surface area contributed by atoms with Crippen molar-refractivity contribution in [1.29, 1.82) is 0 Å². The molecule has 4 heterocycles. The number of piperidine rings is 1. The molecule has 2 aromatic carbocycles. The van der Waals surface area contributed by atoms with Crippen molar-refractivity contribution in [2.75, 3.05) is 58.4 Å². The fourth-order valence-corrected chi connectivity index (χ4v) is 7.67. The third-order valence-electron chi connectivity index (χ3n) is 9.91. The molecule has 3 aliphatic heterocycles. The summed E-state index contributed by atoms with van der Waals surface area (Å²) in [7, 11) is 4.09. The van der Waals surface area contributed by atoms with Crippen LogP contribution in [0.25, 0.3) is 10.9 Å². The zero-order valence-corrected chi connectivity index (χ0v) is 27.7. The van der Waals surface area contributed by atoms with Gasteiger partial charge >= 0.3 is 0 Å². The third kappa shape index (κ3) is 7.59. The number of fused-ring (bicyclic) bond motifs is 2. The highest BCUT2D eigenvalue weighted by Crippen LogP contribution is 2.33. The van der Waals surface area contributed by atoms with Crippen LogP contribution in [-0.4, -0.2) is 92.0 Å². The minimum atomic E-state index is -0.749. The molecule has 9 nitrogen and oxygen atoms in total. The van der Waals surface area contributed by atoms with E-state index in [-0.39, 0.29) is 29.6 Å². The fourth-order valence-electron chi connectivity index (χ4n) is 7.48. The maximum absolute atomic E-state index is 14.6. The summed E-state index contributed by atoms with van der Waals surface area (Å²) in [4.78, 5) is 50.7. The Morgan fingerprint density at radius 3 is 2.57 bits per heavy atom. The summed E-state index contributed by atoms with van der Waals surface area (Å²) in [5.74, 6) is 0.306. The number of para-hydroxylation sites is 1. The van der Waals surface area contributed by atoms with E-state index in [2.05, 4.69) is 15.2 Å². The van der Waals surface area contributed by atoms with Crippen LogP contribution in [0.3, 0.4) is 0 Å². The Kier molecular flexibility index (Phi) is 10.3. The molecule has 2 N–H and O–H groups in total. The van der Waals surface area contributed by atoms with Crippen LogP contribution in [0, 0.1) is 17.8 Å². The normalized spacial score (nSPS) is 20.1. The van der Waals surface area contributed by atoms with Gasteiger partial charge < -0.3 is 29.7 Å². The molecule has 10 heteroatoms. The summed E-state index contributed by atoms with van der Waals surface area (Å²) >= 11 is 6.40. The van der Waals surface area contributed by atoms with Crippen LogP contribution in [0.5, 0.6) is 0 Å². The minimum Gasteiger partial charge on any atom is -0.381 e. The van der Waals surface area contributed by atoms with Gasteiger partial charge in [-0.2, -0.15) is 0 Å². The first-order chi connectivity index (χ1) is 22.2. The number of rotatable bonds is 9. The lowest BCUT2D eigenvalue weighted by atomic mass is 9.90. The number of carbonyl (C=O) groups excluding carboxylic acids is 3. The molecule has 2 atom stereocenters. The van der Waals surface area contributed by atoms with Crippen LogP contribution < -0.4 is 10.2 Å². The highest BCUT2D eigenvalue weighted by Gasteiger charge is 2.36. The van der Waals surface area contributed by atoms with Crippen LogP contribution in [0.2, 0.25) is 5.02 Å². The molecule has 0 spiro atoms. The second-order valence-electron chi connectivity index (χ2n) is 13.6. The molecule has 3 amide bonds. The lowest BCUT2D eigenvalue weighted by Gasteiger charge is -2.38. The molecule has 46 heavy (non-hydrogen) atoms. The summed E-state index contributed by atoms with van der Waals surface area (Å²) in [5, 5.41) is 4.89. The Morgan fingerprint density at radius 2 is 1.80 bits per heavy atom. The third-order valence-corrected chi connectivity index (χ3v) is 10.1. The molecule has 3 aliphatic rings. The van der Waals surface area contributed by atoms with Crippen molar-refractivity contribution in [2.24, 2.45) is 17.8 Å². The highest BCUT2D eigenvalue weighted by atomic mass is 35.5. The number of nitrogens with one attached hydrogen (secondary N) is 2. The van der Waals surface area contributed by atoms with Crippen molar-refractivity contribution in [2.45, 2.75) is 51.0 Å². The van der Waals surface area contributed by atoms with E-state index in [0.29, 0.717) is 56.3 Å². The molecule has 0 radical (unpaired) electrons. The molecule has 0 bridgehead atoms. The molecule has 0 saturated carbocycles. The molecular formula is C36H46ClN5O4. The van der Waals surface area contributed by atoms with E-state index < -0.39 is 6.04 Å². The van der Waals surface area contributed by atoms with Gasteiger partial charge in [-0.15, -0.1) is 0 Å². The van der Waals surface area contributed by atoms with Gasteiger partial charge in [0.1, 0.15) is 6.04 Å². The van der Waals surface area contributed by atoms with Crippen molar-refractivity contribution < 1.29 is 19.1 Å². The van der Waals surface area contributed by atoms with Crippen molar-refractivity contribution in [1.82, 2.24) is 20.1 Å². The SMILES string of the molecule is CN(C)C[C@H]1Cc2cc(Cl)ccc2N(C(=O)[C@@H](Cc2c[nH]c3ccccc23)NC(=O)C2CCN(C(=O)CC3CCOCC3)CC2)C1. The summed E-state index contributed by atoms with van der Waals surface area (Å²) in [6.07, 6.45) is 6.75. The van der Waals surface area contributed by atoms with Gasteiger partial charge in [0.15, 0.2) is 0 Å². The van der Waals surface area contributed by atoms with E-state index in [1.54, 1.807) is 0 Å². The number of likely N-dealkylation sites (tertiary alicyclic amines) is 1. The topological polar surface area (TPSA) is 98.0 Å². The standard InChI is InChI=1S/C36H46ClN5O4/c1-40(2)22-25-17-27-19-29(37)7-8-33(27)42(23-25)36(45)32(20-28-21-38-31-6-4-3-5-30(28)31)39-35(44)26-9-13-41(14-10-26)34(43)18-24-11-15-46-16-12-24/h3-8,19,21,24-26,32,38H,9-18,20,22-23H2,1-2H3,(H,39,44)/t25-,32-/m1/s1. The second-order valence-corrected chi connectivity index (χ2v) is 14.0. The van der Waals surface area contributed by atoms with Gasteiger partial charge in [0, 0.05) is 86.0 Å². The number of hydrogen-bond acceptors (Lipinski definition) is 5. The summed E-state index contributed by atoms with van der Waals surface area (Å²) < 4.78 is 5.45. The van der Waals surface area contributed by atoms with Crippen LogP contribution in [-0.2, 0) is 32.0 Å². The van der Waals surface area contributed by atoms with Crippen molar-refractivity contribution in [3.05, 3.63) is 64.8 Å². The number of ether oxygens (including phenoxy) is 1. The van der Waals surface area contributed by atoms with Crippen molar-refractivity contribution >= 4 is 45.9 Å². The highest BCUT2D eigenvalue weighted by molar-refractivity contribution is 6.30. The Morgan fingerprint density at radius 1 is 1.04 bits per heavy atom. The molecule has 246 valence electrons. The van der Waals surface area contributed by atoms with E-state index in [9.17, 15) is 14.4 Å². The number of hydrogen-bond donors (Lipinski definition) is 2. The maximum atomic E-state index is 14.6. The van der Waals surface area contributed by atoms with Gasteiger partial charge in [-0.3, -0.25) is 14.4 Å². The Balaban J connectivity index is 1.19. The van der Waals surface area contributed by atoms with E-state index >= 15 is 0 Å². The number of carbonyl (C=O) groups is 3. The molecule has 3 aromatic rings. The van der Waals surface area contributed by atoms with Crippen LogP contribution in [0.15, 0.2) is 48.7 Å². The van der Waals surface area contributed by atoms with Gasteiger partial charge in [0.25, 0.3) is 0 Å². The van der Waals surface area contributed by atoms with Crippen molar-refractivity contribution in [3.8, 4) is 0 Å². The zero-order chi connectivity index (χ0) is 32.2. The average molecular weight is 648 g/mol. The van der Waals surface area contributed by atoms with Gasteiger partial charge in [-0.05, 0) is 93.4 Å². The fraction of sp³-hybridized carbons (Fsp3) is 0.528. The predicted molar refractivity (Wildman–Crippen MR) is 181 cm³/mol.